The fourth-order valence-electron chi connectivity index (χ4n) is 4.17. The molecule has 0 saturated carbocycles. The Morgan fingerprint density at radius 3 is 2.62 bits per heavy atom. The molecule has 0 atom stereocenters. The van der Waals surface area contributed by atoms with Crippen molar-refractivity contribution in [1.82, 2.24) is 14.8 Å². The lowest BCUT2D eigenvalue weighted by atomic mass is 9.95. The third kappa shape index (κ3) is 4.58. The van der Waals surface area contributed by atoms with Crippen molar-refractivity contribution in [3.05, 3.63) is 98.7 Å². The molecule has 34 heavy (non-hydrogen) atoms. The summed E-state index contributed by atoms with van der Waals surface area (Å²) in [6, 6.07) is 20.2. The van der Waals surface area contributed by atoms with Gasteiger partial charge < -0.3 is 4.42 Å². The quantitative estimate of drug-likeness (QED) is 0.185. The highest BCUT2D eigenvalue weighted by atomic mass is 32.2. The lowest BCUT2D eigenvalue weighted by Gasteiger charge is -2.13. The fourth-order valence-corrected chi connectivity index (χ4v) is 5.81. The predicted octanol–water partition coefficient (Wildman–Crippen LogP) is 6.89. The van der Waals surface area contributed by atoms with Crippen molar-refractivity contribution < 1.29 is 4.42 Å². The first-order valence-electron chi connectivity index (χ1n) is 11.2. The van der Waals surface area contributed by atoms with Crippen LogP contribution in [0.3, 0.4) is 0 Å². The summed E-state index contributed by atoms with van der Waals surface area (Å²) in [5, 5.41) is 12.9. The Kier molecular flexibility index (Phi) is 6.39. The summed E-state index contributed by atoms with van der Waals surface area (Å²) >= 11 is 3.24. The van der Waals surface area contributed by atoms with E-state index in [1.807, 2.05) is 35.7 Å². The number of aromatic nitrogens is 3. The van der Waals surface area contributed by atoms with Crippen LogP contribution in [0.15, 0.2) is 80.4 Å². The summed E-state index contributed by atoms with van der Waals surface area (Å²) in [4.78, 5) is 13.4. The second-order valence-corrected chi connectivity index (χ2v) is 10.5. The van der Waals surface area contributed by atoms with E-state index < -0.39 is 0 Å². The molecule has 5 rings (SSSR count). The minimum atomic E-state index is -0.329. The molecule has 2 aromatic carbocycles. The van der Waals surface area contributed by atoms with Gasteiger partial charge in [-0.25, -0.2) is 4.79 Å². The Morgan fingerprint density at radius 2 is 1.88 bits per heavy atom. The first kappa shape index (κ1) is 22.6. The van der Waals surface area contributed by atoms with Gasteiger partial charge in [0.1, 0.15) is 5.58 Å². The summed E-state index contributed by atoms with van der Waals surface area (Å²) < 4.78 is 7.69. The number of thiophene rings is 1. The minimum absolute atomic E-state index is 0.329. The summed E-state index contributed by atoms with van der Waals surface area (Å²) in [6.45, 7) is 7.10. The maximum Gasteiger partial charge on any atom is 0.336 e. The molecule has 7 heteroatoms. The molecule has 0 unspecified atom stereocenters. The molecule has 0 N–H and O–H groups in total. The van der Waals surface area contributed by atoms with E-state index in [1.165, 1.54) is 11.1 Å². The largest absolute Gasteiger partial charge is 0.423 e. The van der Waals surface area contributed by atoms with Gasteiger partial charge in [0.05, 0.1) is 11.4 Å². The highest BCUT2D eigenvalue weighted by Crippen LogP contribution is 2.32. The normalized spacial score (nSPS) is 11.5. The number of hydrogen-bond acceptors (Lipinski definition) is 6. The third-order valence-electron chi connectivity index (χ3n) is 5.84. The van der Waals surface area contributed by atoms with Gasteiger partial charge in [0.2, 0.25) is 0 Å². The maximum absolute atomic E-state index is 12.3. The first-order valence-corrected chi connectivity index (χ1v) is 13.1. The molecular weight excluding hydrogens is 462 g/mol. The zero-order chi connectivity index (χ0) is 23.7. The van der Waals surface area contributed by atoms with Crippen LogP contribution >= 0.6 is 23.1 Å². The van der Waals surface area contributed by atoms with Crippen LogP contribution in [-0.2, 0) is 12.3 Å². The van der Waals surface area contributed by atoms with Gasteiger partial charge in [-0.1, -0.05) is 62.0 Å². The number of aryl methyl sites for hydroxylation is 1. The molecule has 0 amide bonds. The van der Waals surface area contributed by atoms with Crippen LogP contribution in [0.4, 0.5) is 0 Å². The minimum Gasteiger partial charge on any atom is -0.423 e. The number of benzene rings is 2. The van der Waals surface area contributed by atoms with E-state index in [0.29, 0.717) is 23.8 Å². The second kappa shape index (κ2) is 9.60. The van der Waals surface area contributed by atoms with Gasteiger partial charge in [-0.15, -0.1) is 21.5 Å². The van der Waals surface area contributed by atoms with Crippen LogP contribution < -0.4 is 5.63 Å². The monoisotopic (exact) mass is 487 g/mol. The van der Waals surface area contributed by atoms with Crippen molar-refractivity contribution in [2.24, 2.45) is 0 Å². The molecule has 0 bridgehead atoms. The van der Waals surface area contributed by atoms with E-state index in [-0.39, 0.29) is 5.63 Å². The van der Waals surface area contributed by atoms with Crippen LogP contribution in [0.1, 0.15) is 42.0 Å². The molecule has 5 nitrogen and oxygen atoms in total. The highest BCUT2D eigenvalue weighted by molar-refractivity contribution is 7.98. The first-order chi connectivity index (χ1) is 16.5. The zero-order valence-corrected chi connectivity index (χ0v) is 21.0. The fraction of sp³-hybridized carbons (Fsp3) is 0.222. The highest BCUT2D eigenvalue weighted by Gasteiger charge is 2.17. The summed E-state index contributed by atoms with van der Waals surface area (Å²) in [5.41, 5.74) is 4.84. The molecular formula is C27H25N3O2S2. The van der Waals surface area contributed by atoms with E-state index >= 15 is 0 Å². The average molecular weight is 488 g/mol. The van der Waals surface area contributed by atoms with Gasteiger partial charge in [0, 0.05) is 17.2 Å². The molecule has 3 heterocycles. The Balaban J connectivity index is 1.52. The SMILES string of the molecule is Cc1cc2oc(=O)cc(CSc3nnc(-c4cccs4)n3Cc3ccccc3)c2cc1C(C)C. The molecule has 3 aromatic heterocycles. The number of thioether (sulfide) groups is 1. The van der Waals surface area contributed by atoms with Gasteiger partial charge >= 0.3 is 5.63 Å². The Morgan fingerprint density at radius 1 is 1.06 bits per heavy atom. The van der Waals surface area contributed by atoms with Crippen molar-refractivity contribution in [2.75, 3.05) is 0 Å². The number of nitrogens with zero attached hydrogens (tertiary/aromatic N) is 3. The lowest BCUT2D eigenvalue weighted by molar-refractivity contribution is 0.559. The molecule has 0 spiro atoms. The van der Waals surface area contributed by atoms with Crippen LogP contribution in [0, 0.1) is 6.92 Å². The van der Waals surface area contributed by atoms with Crippen molar-refractivity contribution in [1.29, 1.82) is 0 Å². The topological polar surface area (TPSA) is 60.9 Å². The molecule has 0 saturated heterocycles. The van der Waals surface area contributed by atoms with Crippen molar-refractivity contribution in [2.45, 2.75) is 44.1 Å². The third-order valence-corrected chi connectivity index (χ3v) is 7.72. The number of fused-ring (bicyclic) bond motifs is 1. The Bertz CT molecular complexity index is 1490. The van der Waals surface area contributed by atoms with Crippen LogP contribution in [0.25, 0.3) is 21.7 Å². The molecule has 0 aliphatic rings. The number of rotatable bonds is 7. The summed E-state index contributed by atoms with van der Waals surface area (Å²) in [7, 11) is 0. The predicted molar refractivity (Wildman–Crippen MR) is 140 cm³/mol. The Labute approximate surface area is 206 Å². The van der Waals surface area contributed by atoms with Gasteiger partial charge in [-0.3, -0.25) is 4.57 Å². The molecule has 172 valence electrons. The molecule has 0 fully saturated rings. The van der Waals surface area contributed by atoms with Gasteiger partial charge in [0.15, 0.2) is 11.0 Å². The number of hydrogen-bond donors (Lipinski definition) is 0. The van der Waals surface area contributed by atoms with Gasteiger partial charge in [-0.2, -0.15) is 0 Å². The van der Waals surface area contributed by atoms with E-state index in [2.05, 4.69) is 59.8 Å². The van der Waals surface area contributed by atoms with Gasteiger partial charge in [-0.05, 0) is 58.7 Å². The summed E-state index contributed by atoms with van der Waals surface area (Å²) in [6.07, 6.45) is 0. The van der Waals surface area contributed by atoms with Crippen LogP contribution in [-0.4, -0.2) is 14.8 Å². The molecule has 0 radical (unpaired) electrons. The standard InChI is InChI=1S/C27H25N3O2S2/c1-17(2)21-14-22-20(13-25(31)32-23(22)12-18(21)3)16-34-27-29-28-26(24-10-7-11-33-24)30(27)15-19-8-5-4-6-9-19/h4-14,17H,15-16H2,1-3H3. The van der Waals surface area contributed by atoms with E-state index in [0.717, 1.165) is 32.4 Å². The molecule has 0 aliphatic carbocycles. The molecule has 0 aliphatic heterocycles. The molecule has 5 aromatic rings. The maximum atomic E-state index is 12.3. The Hall–Kier alpha value is -3.16. The van der Waals surface area contributed by atoms with Crippen molar-refractivity contribution in [3.63, 3.8) is 0 Å². The lowest BCUT2D eigenvalue weighted by Crippen LogP contribution is -2.05. The van der Waals surface area contributed by atoms with Crippen molar-refractivity contribution >= 4 is 34.1 Å². The summed E-state index contributed by atoms with van der Waals surface area (Å²) in [5.74, 6) is 1.84. The van der Waals surface area contributed by atoms with Crippen molar-refractivity contribution in [3.8, 4) is 10.7 Å². The zero-order valence-electron chi connectivity index (χ0n) is 19.3. The average Bonchev–Trinajstić information content (AvgIpc) is 3.47. The van der Waals surface area contributed by atoms with E-state index in [1.54, 1.807) is 29.2 Å². The van der Waals surface area contributed by atoms with Crippen LogP contribution in [0.2, 0.25) is 0 Å². The van der Waals surface area contributed by atoms with E-state index in [9.17, 15) is 4.79 Å². The van der Waals surface area contributed by atoms with Crippen LogP contribution in [0.5, 0.6) is 0 Å². The second-order valence-electron chi connectivity index (χ2n) is 8.59. The van der Waals surface area contributed by atoms with E-state index in [4.69, 9.17) is 4.42 Å². The van der Waals surface area contributed by atoms with Gasteiger partial charge in [0.25, 0.3) is 0 Å². The smallest absolute Gasteiger partial charge is 0.336 e.